The van der Waals surface area contributed by atoms with Crippen LogP contribution < -0.4 is 10.5 Å². The maximum absolute atomic E-state index is 11.8. The third kappa shape index (κ3) is 4.81. The lowest BCUT2D eigenvalue weighted by Gasteiger charge is -2.06. The topological polar surface area (TPSA) is 102 Å². The van der Waals surface area contributed by atoms with Crippen LogP contribution in [0.15, 0.2) is 38.9 Å². The fourth-order valence-corrected chi connectivity index (χ4v) is 3.68. The first kappa shape index (κ1) is 16.0. The zero-order valence-electron chi connectivity index (χ0n) is 11.1. The molecule has 0 aliphatic carbocycles. The number of sulfonamides is 1. The van der Waals surface area contributed by atoms with Crippen molar-refractivity contribution in [2.45, 2.75) is 16.2 Å². The number of aromatic nitrogens is 1. The lowest BCUT2D eigenvalue weighted by atomic mass is 10.3. The average molecular weight is 343 g/mol. The maximum Gasteiger partial charge on any atom is 0.238 e. The Balaban J connectivity index is 1.96. The molecule has 0 bridgehead atoms. The molecule has 0 aliphatic rings. The average Bonchev–Trinajstić information content (AvgIpc) is 2.82. The number of thioether (sulfide) groups is 1. The molecule has 2 rings (SSSR count). The molecule has 0 spiro atoms. The number of hydrogen-bond donors (Lipinski definition) is 2. The van der Waals surface area contributed by atoms with Crippen LogP contribution in [0.1, 0.15) is 5.69 Å². The third-order valence-corrected chi connectivity index (χ3v) is 5.42. The molecular formula is C12H13N3O3S3. The van der Waals surface area contributed by atoms with Gasteiger partial charge in [0.1, 0.15) is 0 Å². The van der Waals surface area contributed by atoms with Crippen molar-refractivity contribution in [3.8, 4) is 0 Å². The minimum atomic E-state index is -3.78. The minimum Gasteiger partial charge on any atom is -0.325 e. The molecule has 0 unspecified atom stereocenters. The predicted molar refractivity (Wildman–Crippen MR) is 84.0 cm³/mol. The first-order valence-corrected chi connectivity index (χ1v) is 9.23. The van der Waals surface area contributed by atoms with Gasteiger partial charge in [-0.25, -0.2) is 18.5 Å². The van der Waals surface area contributed by atoms with Crippen molar-refractivity contribution >= 4 is 44.7 Å². The number of primary sulfonamides is 1. The second-order valence-electron chi connectivity index (χ2n) is 4.16. The molecule has 0 aliphatic heterocycles. The van der Waals surface area contributed by atoms with Gasteiger partial charge in [0.15, 0.2) is 4.34 Å². The van der Waals surface area contributed by atoms with Gasteiger partial charge in [-0.05, 0) is 25.1 Å². The fourth-order valence-electron chi connectivity index (χ4n) is 1.47. The molecule has 1 aromatic carbocycles. The van der Waals surface area contributed by atoms with Crippen LogP contribution >= 0.6 is 23.1 Å². The Morgan fingerprint density at radius 1 is 1.48 bits per heavy atom. The summed E-state index contributed by atoms with van der Waals surface area (Å²) in [5, 5.41) is 9.58. The number of amides is 1. The van der Waals surface area contributed by atoms with E-state index >= 15 is 0 Å². The summed E-state index contributed by atoms with van der Waals surface area (Å²) in [6.45, 7) is 1.89. The van der Waals surface area contributed by atoms with Crippen LogP contribution in [-0.4, -0.2) is 25.1 Å². The largest absolute Gasteiger partial charge is 0.325 e. The number of carbonyl (C=O) groups excluding carboxylic acids is 1. The molecule has 112 valence electrons. The van der Waals surface area contributed by atoms with Crippen LogP contribution in [0, 0.1) is 6.92 Å². The third-order valence-electron chi connectivity index (χ3n) is 2.37. The molecule has 0 atom stereocenters. The highest BCUT2D eigenvalue weighted by Gasteiger charge is 2.10. The van der Waals surface area contributed by atoms with Gasteiger partial charge in [-0.2, -0.15) is 0 Å². The van der Waals surface area contributed by atoms with E-state index in [-0.39, 0.29) is 16.6 Å². The number of thiazole rings is 1. The number of rotatable bonds is 5. The number of nitrogens with one attached hydrogen (secondary N) is 1. The van der Waals surface area contributed by atoms with Gasteiger partial charge in [-0.3, -0.25) is 4.79 Å². The highest BCUT2D eigenvalue weighted by atomic mass is 32.2. The highest BCUT2D eigenvalue weighted by molar-refractivity contribution is 8.01. The Bertz CT molecular complexity index is 756. The van der Waals surface area contributed by atoms with Crippen molar-refractivity contribution in [3.63, 3.8) is 0 Å². The van der Waals surface area contributed by atoms with Gasteiger partial charge >= 0.3 is 0 Å². The van der Waals surface area contributed by atoms with E-state index < -0.39 is 10.0 Å². The Kier molecular flexibility index (Phi) is 4.99. The van der Waals surface area contributed by atoms with E-state index in [1.165, 1.54) is 41.3 Å². The van der Waals surface area contributed by atoms with Gasteiger partial charge in [-0.15, -0.1) is 11.3 Å². The number of anilines is 1. The second kappa shape index (κ2) is 6.56. The van der Waals surface area contributed by atoms with E-state index in [0.717, 1.165) is 10.0 Å². The number of benzene rings is 1. The van der Waals surface area contributed by atoms with Gasteiger partial charge in [0.25, 0.3) is 0 Å². The summed E-state index contributed by atoms with van der Waals surface area (Å²) in [5.74, 6) is -0.0357. The summed E-state index contributed by atoms with van der Waals surface area (Å²) in [5.41, 5.74) is 1.31. The van der Waals surface area contributed by atoms with Crippen LogP contribution in [0.3, 0.4) is 0 Å². The summed E-state index contributed by atoms with van der Waals surface area (Å²) >= 11 is 2.81. The van der Waals surface area contributed by atoms with Crippen molar-refractivity contribution < 1.29 is 13.2 Å². The van der Waals surface area contributed by atoms with Crippen LogP contribution in [0.2, 0.25) is 0 Å². The molecule has 3 N–H and O–H groups in total. The van der Waals surface area contributed by atoms with E-state index in [1.807, 2.05) is 12.3 Å². The Hall–Kier alpha value is -1.42. The number of nitrogens with zero attached hydrogens (tertiary/aromatic N) is 1. The van der Waals surface area contributed by atoms with E-state index in [2.05, 4.69) is 10.3 Å². The monoisotopic (exact) mass is 343 g/mol. The lowest BCUT2D eigenvalue weighted by Crippen LogP contribution is -2.16. The maximum atomic E-state index is 11.8. The Labute approximate surface area is 130 Å². The predicted octanol–water partition coefficient (Wildman–Crippen LogP) is 1.83. The minimum absolute atomic E-state index is 0.0384. The van der Waals surface area contributed by atoms with Crippen molar-refractivity contribution in [1.82, 2.24) is 4.98 Å². The van der Waals surface area contributed by atoms with Gasteiger partial charge in [0, 0.05) is 16.8 Å². The summed E-state index contributed by atoms with van der Waals surface area (Å²) < 4.78 is 23.3. The highest BCUT2D eigenvalue weighted by Crippen LogP contribution is 2.22. The first-order chi connectivity index (χ1) is 9.84. The van der Waals surface area contributed by atoms with Crippen molar-refractivity contribution in [2.75, 3.05) is 11.1 Å². The van der Waals surface area contributed by atoms with Crippen LogP contribution in [0.5, 0.6) is 0 Å². The quantitative estimate of drug-likeness (QED) is 0.806. The standard InChI is InChI=1S/C12H13N3O3S3/c1-8-6-19-12(14-8)20-7-11(16)15-9-3-2-4-10(5-9)21(13,17)18/h2-6H,7H2,1H3,(H,15,16)(H2,13,17,18). The molecule has 0 radical (unpaired) electrons. The summed E-state index contributed by atoms with van der Waals surface area (Å²) in [7, 11) is -3.78. The Morgan fingerprint density at radius 2 is 2.24 bits per heavy atom. The summed E-state index contributed by atoms with van der Waals surface area (Å²) in [4.78, 5) is 16.0. The fraction of sp³-hybridized carbons (Fsp3) is 0.167. The molecule has 0 saturated carbocycles. The van der Waals surface area contributed by atoms with E-state index in [9.17, 15) is 13.2 Å². The molecule has 9 heteroatoms. The zero-order chi connectivity index (χ0) is 15.5. The molecule has 1 amide bonds. The molecule has 1 heterocycles. The number of carbonyl (C=O) groups is 1. The van der Waals surface area contributed by atoms with Crippen molar-refractivity contribution in [1.29, 1.82) is 0 Å². The van der Waals surface area contributed by atoms with Gasteiger partial charge in [0.2, 0.25) is 15.9 Å². The van der Waals surface area contributed by atoms with Crippen molar-refractivity contribution in [3.05, 3.63) is 35.3 Å². The van der Waals surface area contributed by atoms with E-state index in [0.29, 0.717) is 5.69 Å². The van der Waals surface area contributed by atoms with E-state index in [1.54, 1.807) is 6.07 Å². The number of nitrogens with two attached hydrogens (primary N) is 1. The first-order valence-electron chi connectivity index (χ1n) is 5.82. The molecule has 2 aromatic rings. The Morgan fingerprint density at radius 3 is 2.86 bits per heavy atom. The molecule has 0 fully saturated rings. The molecule has 21 heavy (non-hydrogen) atoms. The summed E-state index contributed by atoms with van der Waals surface area (Å²) in [6, 6.07) is 5.82. The van der Waals surface area contributed by atoms with Gasteiger partial charge in [-0.1, -0.05) is 17.8 Å². The lowest BCUT2D eigenvalue weighted by molar-refractivity contribution is -0.113. The second-order valence-corrected chi connectivity index (χ2v) is 7.81. The molecule has 1 aromatic heterocycles. The van der Waals surface area contributed by atoms with Crippen LogP contribution in [0.25, 0.3) is 0 Å². The van der Waals surface area contributed by atoms with Gasteiger partial charge < -0.3 is 5.32 Å². The van der Waals surface area contributed by atoms with Crippen LogP contribution in [0.4, 0.5) is 5.69 Å². The van der Waals surface area contributed by atoms with E-state index in [4.69, 9.17) is 5.14 Å². The smallest absolute Gasteiger partial charge is 0.238 e. The molecular weight excluding hydrogens is 330 g/mol. The SMILES string of the molecule is Cc1csc(SCC(=O)Nc2cccc(S(N)(=O)=O)c2)n1. The normalized spacial score (nSPS) is 11.3. The van der Waals surface area contributed by atoms with Crippen LogP contribution in [-0.2, 0) is 14.8 Å². The number of hydrogen-bond acceptors (Lipinski definition) is 6. The molecule has 6 nitrogen and oxygen atoms in total. The number of aryl methyl sites for hydroxylation is 1. The molecule has 0 saturated heterocycles. The van der Waals surface area contributed by atoms with Crippen molar-refractivity contribution in [2.24, 2.45) is 5.14 Å². The summed E-state index contributed by atoms with van der Waals surface area (Å²) in [6.07, 6.45) is 0. The zero-order valence-corrected chi connectivity index (χ0v) is 13.5. The van der Waals surface area contributed by atoms with Gasteiger partial charge in [0.05, 0.1) is 10.6 Å².